The Labute approximate surface area is 191 Å². The van der Waals surface area contributed by atoms with E-state index in [0.717, 1.165) is 31.5 Å². The Morgan fingerprint density at radius 1 is 0.970 bits per heavy atom. The van der Waals surface area contributed by atoms with Crippen LogP contribution in [0.3, 0.4) is 0 Å². The monoisotopic (exact) mass is 442 g/mol. The molecule has 0 atom stereocenters. The van der Waals surface area contributed by atoms with E-state index in [1.807, 2.05) is 35.2 Å². The lowest BCUT2D eigenvalue weighted by Crippen LogP contribution is -2.36. The molecule has 1 saturated heterocycles. The number of ether oxygens (including phenoxy) is 1. The number of anilines is 1. The zero-order valence-electron chi connectivity index (χ0n) is 18.0. The molecule has 0 bridgehead atoms. The number of benzene rings is 3. The molecule has 0 N–H and O–H groups in total. The molecule has 0 radical (unpaired) electrons. The summed E-state index contributed by atoms with van der Waals surface area (Å²) in [7, 11) is 0. The number of para-hydroxylation sites is 2. The number of carbonyl (C=O) groups excluding carboxylic acids is 2. The van der Waals surface area contributed by atoms with Gasteiger partial charge < -0.3 is 9.64 Å². The average Bonchev–Trinajstić information content (AvgIpc) is 3.37. The van der Waals surface area contributed by atoms with Gasteiger partial charge in [0, 0.05) is 18.7 Å². The first-order valence-corrected chi connectivity index (χ1v) is 11.0. The fourth-order valence-corrected chi connectivity index (χ4v) is 4.21. The van der Waals surface area contributed by atoms with Gasteiger partial charge in [-0.25, -0.2) is 4.39 Å². The molecule has 0 spiro atoms. The summed E-state index contributed by atoms with van der Waals surface area (Å²) in [6.07, 6.45) is 3.76. The van der Waals surface area contributed by atoms with Crippen molar-refractivity contribution in [3.63, 3.8) is 0 Å². The lowest BCUT2D eigenvalue weighted by atomic mass is 10.1. The third-order valence-electron chi connectivity index (χ3n) is 5.91. The number of hydrogen-bond acceptors (Lipinski definition) is 3. The molecule has 166 valence electrons. The second-order valence-corrected chi connectivity index (χ2v) is 8.22. The summed E-state index contributed by atoms with van der Waals surface area (Å²) in [5.74, 6) is 0.104. The molecule has 3 aromatic rings. The van der Waals surface area contributed by atoms with E-state index in [0.29, 0.717) is 22.6 Å². The largest absolute Gasteiger partial charge is 0.449 e. The van der Waals surface area contributed by atoms with Crippen molar-refractivity contribution < 1.29 is 18.7 Å². The van der Waals surface area contributed by atoms with Crippen LogP contribution in [0.25, 0.3) is 6.08 Å². The first-order chi connectivity index (χ1) is 16.1. The van der Waals surface area contributed by atoms with Crippen molar-refractivity contribution >= 4 is 23.6 Å². The van der Waals surface area contributed by atoms with E-state index in [-0.39, 0.29) is 29.9 Å². The number of rotatable bonds is 4. The highest BCUT2D eigenvalue weighted by Crippen LogP contribution is 2.36. The number of carbonyl (C=O) groups is 2. The van der Waals surface area contributed by atoms with Crippen LogP contribution >= 0.6 is 0 Å². The van der Waals surface area contributed by atoms with Gasteiger partial charge in [-0.05, 0) is 66.4 Å². The zero-order valence-corrected chi connectivity index (χ0v) is 18.0. The predicted octanol–water partition coefficient (Wildman–Crippen LogP) is 5.03. The Morgan fingerprint density at radius 2 is 1.73 bits per heavy atom. The molecule has 33 heavy (non-hydrogen) atoms. The first-order valence-electron chi connectivity index (χ1n) is 11.0. The normalized spacial score (nSPS) is 16.6. The smallest absolute Gasteiger partial charge is 0.294 e. The number of fused-ring (bicyclic) bond motifs is 1. The van der Waals surface area contributed by atoms with Gasteiger partial charge >= 0.3 is 0 Å². The average molecular weight is 442 g/mol. The molecule has 0 aromatic heterocycles. The summed E-state index contributed by atoms with van der Waals surface area (Å²) in [6, 6.07) is 20.7. The molecule has 2 amide bonds. The molecule has 1 fully saturated rings. The van der Waals surface area contributed by atoms with E-state index >= 15 is 0 Å². The minimum atomic E-state index is -0.346. The van der Waals surface area contributed by atoms with Gasteiger partial charge in [0.1, 0.15) is 5.82 Å². The summed E-state index contributed by atoms with van der Waals surface area (Å²) in [5.41, 5.74) is 2.70. The molecule has 2 aliphatic heterocycles. The van der Waals surface area contributed by atoms with E-state index in [1.54, 1.807) is 41.3 Å². The summed E-state index contributed by atoms with van der Waals surface area (Å²) in [5, 5.41) is 0. The molecule has 5 rings (SSSR count). The van der Waals surface area contributed by atoms with Gasteiger partial charge in [0.25, 0.3) is 11.8 Å². The van der Waals surface area contributed by atoms with Gasteiger partial charge in [-0.2, -0.15) is 0 Å². The van der Waals surface area contributed by atoms with Gasteiger partial charge in [-0.1, -0.05) is 36.4 Å². The third kappa shape index (κ3) is 4.37. The summed E-state index contributed by atoms with van der Waals surface area (Å²) >= 11 is 0. The highest BCUT2D eigenvalue weighted by atomic mass is 19.1. The molecule has 3 aromatic carbocycles. The quantitative estimate of drug-likeness (QED) is 0.533. The lowest BCUT2D eigenvalue weighted by molar-refractivity contribution is -0.117. The minimum Gasteiger partial charge on any atom is -0.449 e. The number of nitrogens with zero attached hydrogens (tertiary/aromatic N) is 2. The molecule has 2 aliphatic rings. The van der Waals surface area contributed by atoms with Crippen molar-refractivity contribution in [1.29, 1.82) is 0 Å². The van der Waals surface area contributed by atoms with Gasteiger partial charge in [-0.3, -0.25) is 14.5 Å². The molecule has 0 saturated carbocycles. The highest BCUT2D eigenvalue weighted by Gasteiger charge is 2.30. The second kappa shape index (κ2) is 8.90. The Morgan fingerprint density at radius 3 is 2.48 bits per heavy atom. The summed E-state index contributed by atoms with van der Waals surface area (Å²) in [6.45, 7) is 1.82. The maximum Gasteiger partial charge on any atom is 0.294 e. The van der Waals surface area contributed by atoms with Gasteiger partial charge in [0.05, 0.1) is 12.2 Å². The zero-order chi connectivity index (χ0) is 22.8. The van der Waals surface area contributed by atoms with Crippen LogP contribution in [-0.2, 0) is 11.3 Å². The van der Waals surface area contributed by atoms with Crippen LogP contribution in [0.5, 0.6) is 5.75 Å². The van der Waals surface area contributed by atoms with E-state index in [1.165, 1.54) is 12.1 Å². The Hall–Kier alpha value is -3.93. The van der Waals surface area contributed by atoms with Crippen LogP contribution in [0, 0.1) is 5.82 Å². The van der Waals surface area contributed by atoms with Crippen molar-refractivity contribution in [3.8, 4) is 5.75 Å². The number of halogens is 1. The van der Waals surface area contributed by atoms with Gasteiger partial charge in [0.2, 0.25) is 0 Å². The maximum absolute atomic E-state index is 13.7. The number of hydrogen-bond donors (Lipinski definition) is 0. The Balaban J connectivity index is 1.42. The SMILES string of the molecule is O=C(c1ccc(/C=C2\Oc3ccccc3N(Cc3cccc(F)c3)C2=O)cc1)N1CCCC1. The first kappa shape index (κ1) is 20.9. The predicted molar refractivity (Wildman–Crippen MR) is 124 cm³/mol. The van der Waals surface area contributed by atoms with Crippen molar-refractivity contribution in [2.75, 3.05) is 18.0 Å². The minimum absolute atomic E-state index is 0.0342. The van der Waals surface area contributed by atoms with Crippen LogP contribution in [0.4, 0.5) is 10.1 Å². The van der Waals surface area contributed by atoms with Crippen molar-refractivity contribution in [1.82, 2.24) is 4.90 Å². The van der Waals surface area contributed by atoms with Crippen molar-refractivity contribution in [3.05, 3.63) is 101 Å². The van der Waals surface area contributed by atoms with Crippen LogP contribution in [0.2, 0.25) is 0 Å². The van der Waals surface area contributed by atoms with Crippen molar-refractivity contribution in [2.45, 2.75) is 19.4 Å². The van der Waals surface area contributed by atoms with Crippen molar-refractivity contribution in [2.24, 2.45) is 0 Å². The molecule has 5 nitrogen and oxygen atoms in total. The van der Waals surface area contributed by atoms with E-state index in [4.69, 9.17) is 4.74 Å². The summed E-state index contributed by atoms with van der Waals surface area (Å²) in [4.78, 5) is 29.3. The molecular weight excluding hydrogens is 419 g/mol. The Bertz CT molecular complexity index is 1230. The second-order valence-electron chi connectivity index (χ2n) is 8.22. The van der Waals surface area contributed by atoms with Crippen LogP contribution in [0.1, 0.15) is 34.3 Å². The third-order valence-corrected chi connectivity index (χ3v) is 5.91. The van der Waals surface area contributed by atoms with Crippen LogP contribution < -0.4 is 9.64 Å². The fraction of sp³-hybridized carbons (Fsp3) is 0.185. The number of amides is 2. The summed E-state index contributed by atoms with van der Waals surface area (Å²) < 4.78 is 19.6. The van der Waals surface area contributed by atoms with Crippen LogP contribution in [0.15, 0.2) is 78.6 Å². The van der Waals surface area contributed by atoms with Gasteiger partial charge in [-0.15, -0.1) is 0 Å². The van der Waals surface area contributed by atoms with Crippen LogP contribution in [-0.4, -0.2) is 29.8 Å². The molecule has 2 heterocycles. The molecule has 0 unspecified atom stereocenters. The van der Waals surface area contributed by atoms with Gasteiger partial charge in [0.15, 0.2) is 11.5 Å². The fourth-order valence-electron chi connectivity index (χ4n) is 4.21. The van der Waals surface area contributed by atoms with E-state index in [9.17, 15) is 14.0 Å². The topological polar surface area (TPSA) is 49.9 Å². The van der Waals surface area contributed by atoms with E-state index < -0.39 is 0 Å². The standard InChI is InChI=1S/C27H23FN2O3/c28-22-7-5-6-20(16-22)18-30-23-8-1-2-9-24(23)33-25(27(30)32)17-19-10-12-21(13-11-19)26(31)29-14-3-4-15-29/h1-2,5-13,16-17H,3-4,14-15,18H2/b25-17-. The van der Waals surface area contributed by atoms with E-state index in [2.05, 4.69) is 0 Å². The molecule has 6 heteroatoms. The Kier molecular flexibility index (Phi) is 5.65. The molecule has 0 aliphatic carbocycles. The maximum atomic E-state index is 13.7. The molecular formula is C27H23FN2O3. The lowest BCUT2D eigenvalue weighted by Gasteiger charge is -2.30. The highest BCUT2D eigenvalue weighted by molar-refractivity contribution is 6.09. The number of likely N-dealkylation sites (tertiary alicyclic amines) is 1.